The van der Waals surface area contributed by atoms with Crippen LogP contribution in [-0.2, 0) is 29.0 Å². The van der Waals surface area contributed by atoms with Crippen molar-refractivity contribution in [3.05, 3.63) is 11.1 Å². The molecule has 0 aromatic rings. The van der Waals surface area contributed by atoms with Crippen molar-refractivity contribution in [2.24, 2.45) is 0 Å². The molecule has 2 rings (SSSR count). The number of esters is 1. The van der Waals surface area contributed by atoms with Crippen LogP contribution in [0, 0.1) is 0 Å². The minimum absolute atomic E-state index is 0.0600. The quantitative estimate of drug-likeness (QED) is 0.507. The van der Waals surface area contributed by atoms with Crippen LogP contribution in [0.3, 0.4) is 0 Å². The number of thioether (sulfide) groups is 1. The van der Waals surface area contributed by atoms with Crippen LogP contribution < -0.4 is 5.32 Å². The molecule has 10 heteroatoms. The van der Waals surface area contributed by atoms with Crippen molar-refractivity contribution >= 4 is 39.4 Å². The van der Waals surface area contributed by atoms with Crippen molar-refractivity contribution in [1.82, 2.24) is 10.2 Å². The first-order chi connectivity index (χ1) is 10.8. The van der Waals surface area contributed by atoms with Crippen LogP contribution in [0.1, 0.15) is 13.3 Å². The Labute approximate surface area is 138 Å². The van der Waals surface area contributed by atoms with E-state index in [-0.39, 0.29) is 36.3 Å². The maximum Gasteiger partial charge on any atom is 0.333 e. The van der Waals surface area contributed by atoms with Crippen LogP contribution in [0.2, 0.25) is 0 Å². The van der Waals surface area contributed by atoms with Gasteiger partial charge in [-0.15, -0.1) is 0 Å². The molecular weight excluding hydrogens is 344 g/mol. The lowest BCUT2D eigenvalue weighted by Gasteiger charge is -2.18. The standard InChI is InChI=1S/C13H18N2O6S2/c1-2-21-13(18)5-12-15(11(17)7-22-12)6-10(16)14-9-3-4-23(19,20)8-9/h5,9H,2-4,6-8H2,1H3,(H,14,16)/b12-5-/t9-/m0/s1. The molecule has 0 spiro atoms. The summed E-state index contributed by atoms with van der Waals surface area (Å²) >= 11 is 1.16. The summed E-state index contributed by atoms with van der Waals surface area (Å²) in [6, 6.07) is -0.421. The number of hydrogen-bond acceptors (Lipinski definition) is 7. The number of carbonyl (C=O) groups is 3. The highest BCUT2D eigenvalue weighted by atomic mass is 32.2. The van der Waals surface area contributed by atoms with E-state index in [1.54, 1.807) is 6.92 Å². The van der Waals surface area contributed by atoms with Crippen LogP contribution in [0.25, 0.3) is 0 Å². The lowest BCUT2D eigenvalue weighted by molar-refractivity contribution is -0.137. The van der Waals surface area contributed by atoms with Gasteiger partial charge >= 0.3 is 5.97 Å². The molecule has 0 aliphatic carbocycles. The first-order valence-corrected chi connectivity index (χ1v) is 9.93. The van der Waals surface area contributed by atoms with Gasteiger partial charge in [-0.05, 0) is 13.3 Å². The van der Waals surface area contributed by atoms with E-state index >= 15 is 0 Å². The van der Waals surface area contributed by atoms with Crippen molar-refractivity contribution in [2.75, 3.05) is 30.4 Å². The number of rotatable bonds is 5. The van der Waals surface area contributed by atoms with Gasteiger partial charge in [-0.25, -0.2) is 13.2 Å². The fourth-order valence-electron chi connectivity index (χ4n) is 2.31. The SMILES string of the molecule is CCOC(=O)/C=C1\SCC(=O)N1CC(=O)N[C@H]1CCS(=O)(=O)C1. The smallest absolute Gasteiger partial charge is 0.333 e. The number of ether oxygens (including phenoxy) is 1. The summed E-state index contributed by atoms with van der Waals surface area (Å²) in [6.45, 7) is 1.65. The molecule has 0 bridgehead atoms. The lowest BCUT2D eigenvalue weighted by atomic mass is 10.2. The molecule has 1 atom stereocenters. The van der Waals surface area contributed by atoms with Gasteiger partial charge in [-0.3, -0.25) is 14.5 Å². The van der Waals surface area contributed by atoms with Gasteiger partial charge in [0, 0.05) is 6.04 Å². The highest BCUT2D eigenvalue weighted by Crippen LogP contribution is 2.28. The number of amides is 2. The molecule has 8 nitrogen and oxygen atoms in total. The third-order valence-corrected chi connectivity index (χ3v) is 6.13. The summed E-state index contributed by atoms with van der Waals surface area (Å²) in [5.41, 5.74) is 0. The molecule has 0 saturated carbocycles. The van der Waals surface area contributed by atoms with Gasteiger partial charge in [0.15, 0.2) is 9.84 Å². The number of nitrogens with one attached hydrogen (secondary N) is 1. The van der Waals surface area contributed by atoms with E-state index in [9.17, 15) is 22.8 Å². The molecule has 0 aromatic carbocycles. The van der Waals surface area contributed by atoms with Crippen molar-refractivity contribution in [3.63, 3.8) is 0 Å². The highest BCUT2D eigenvalue weighted by Gasteiger charge is 2.32. The summed E-state index contributed by atoms with van der Waals surface area (Å²) in [5, 5.41) is 2.98. The second-order valence-electron chi connectivity index (χ2n) is 5.17. The van der Waals surface area contributed by atoms with Gasteiger partial charge in [-0.1, -0.05) is 11.8 Å². The molecule has 128 valence electrons. The van der Waals surface area contributed by atoms with E-state index in [0.29, 0.717) is 11.4 Å². The fourth-order valence-corrected chi connectivity index (χ4v) is 4.91. The van der Waals surface area contributed by atoms with Gasteiger partial charge in [0.25, 0.3) is 0 Å². The van der Waals surface area contributed by atoms with E-state index < -0.39 is 27.8 Å². The monoisotopic (exact) mass is 362 g/mol. The predicted molar refractivity (Wildman–Crippen MR) is 84.1 cm³/mol. The Morgan fingerprint density at radius 2 is 2.22 bits per heavy atom. The van der Waals surface area contributed by atoms with Crippen molar-refractivity contribution in [2.45, 2.75) is 19.4 Å². The first-order valence-electron chi connectivity index (χ1n) is 7.12. The molecule has 2 aliphatic rings. The van der Waals surface area contributed by atoms with Crippen LogP contribution in [0.4, 0.5) is 0 Å². The van der Waals surface area contributed by atoms with E-state index in [2.05, 4.69) is 5.32 Å². The second kappa shape index (κ2) is 7.35. The topological polar surface area (TPSA) is 110 Å². The molecule has 2 saturated heterocycles. The Kier molecular flexibility index (Phi) is 5.69. The zero-order chi connectivity index (χ0) is 17.0. The van der Waals surface area contributed by atoms with Gasteiger partial charge in [0.05, 0.1) is 35.0 Å². The van der Waals surface area contributed by atoms with Crippen LogP contribution in [0.5, 0.6) is 0 Å². The average Bonchev–Trinajstić information content (AvgIpc) is 2.95. The number of nitrogens with zero attached hydrogens (tertiary/aromatic N) is 1. The van der Waals surface area contributed by atoms with Gasteiger partial charge in [0.2, 0.25) is 11.8 Å². The molecule has 0 radical (unpaired) electrons. The summed E-state index contributed by atoms with van der Waals surface area (Å²) in [4.78, 5) is 36.5. The second-order valence-corrected chi connectivity index (χ2v) is 8.40. The number of hydrogen-bond donors (Lipinski definition) is 1. The fraction of sp³-hybridized carbons (Fsp3) is 0.615. The molecule has 23 heavy (non-hydrogen) atoms. The van der Waals surface area contributed by atoms with E-state index in [4.69, 9.17) is 4.74 Å². The third-order valence-electron chi connectivity index (χ3n) is 3.34. The van der Waals surface area contributed by atoms with Gasteiger partial charge < -0.3 is 10.1 Å². The average molecular weight is 362 g/mol. The maximum absolute atomic E-state index is 12.0. The molecule has 2 fully saturated rings. The molecule has 2 amide bonds. The predicted octanol–water partition coefficient (Wildman–Crippen LogP) is -0.730. The van der Waals surface area contributed by atoms with Gasteiger partial charge in [0.1, 0.15) is 6.54 Å². The summed E-state index contributed by atoms with van der Waals surface area (Å²) < 4.78 is 27.5. The zero-order valence-electron chi connectivity index (χ0n) is 12.6. The normalized spacial score (nSPS) is 24.9. The Balaban J connectivity index is 1.95. The van der Waals surface area contributed by atoms with Crippen molar-refractivity contribution in [3.8, 4) is 0 Å². The van der Waals surface area contributed by atoms with Crippen LogP contribution in [-0.4, -0.2) is 67.6 Å². The van der Waals surface area contributed by atoms with E-state index in [1.165, 1.54) is 11.0 Å². The molecular formula is C13H18N2O6S2. The summed E-state index contributed by atoms with van der Waals surface area (Å²) in [7, 11) is -3.08. The van der Waals surface area contributed by atoms with E-state index in [1.807, 2.05) is 0 Å². The Morgan fingerprint density at radius 1 is 1.48 bits per heavy atom. The van der Waals surface area contributed by atoms with Crippen molar-refractivity contribution in [1.29, 1.82) is 0 Å². The summed E-state index contributed by atoms with van der Waals surface area (Å²) in [5.74, 6) is -1.16. The number of sulfone groups is 1. The molecule has 0 aromatic heterocycles. The van der Waals surface area contributed by atoms with Crippen LogP contribution >= 0.6 is 11.8 Å². The molecule has 2 heterocycles. The number of carbonyl (C=O) groups excluding carboxylic acids is 3. The Morgan fingerprint density at radius 3 is 2.83 bits per heavy atom. The lowest BCUT2D eigenvalue weighted by Crippen LogP contribution is -2.42. The minimum Gasteiger partial charge on any atom is -0.463 e. The molecule has 0 unspecified atom stereocenters. The minimum atomic E-state index is -3.08. The van der Waals surface area contributed by atoms with E-state index in [0.717, 1.165) is 11.8 Å². The highest BCUT2D eigenvalue weighted by molar-refractivity contribution is 8.04. The maximum atomic E-state index is 12.0. The van der Waals surface area contributed by atoms with Crippen molar-refractivity contribution < 1.29 is 27.5 Å². The third kappa shape index (κ3) is 4.96. The van der Waals surface area contributed by atoms with Crippen LogP contribution in [0.15, 0.2) is 11.1 Å². The Bertz CT molecular complexity index is 643. The molecule has 2 aliphatic heterocycles. The Hall–Kier alpha value is -1.55. The van der Waals surface area contributed by atoms with Gasteiger partial charge in [-0.2, -0.15) is 0 Å². The molecule has 1 N–H and O–H groups in total. The zero-order valence-corrected chi connectivity index (χ0v) is 14.2. The first kappa shape index (κ1) is 17.8. The largest absolute Gasteiger partial charge is 0.463 e. The summed E-state index contributed by atoms with van der Waals surface area (Å²) in [6.07, 6.45) is 1.56.